The van der Waals surface area contributed by atoms with Gasteiger partial charge >= 0.3 is 5.85 Å². The maximum absolute atomic E-state index is 12.9. The molecule has 2 N–H and O–H groups in total. The third kappa shape index (κ3) is 5.35. The summed E-state index contributed by atoms with van der Waals surface area (Å²) in [5.41, 5.74) is 3.11. The lowest BCUT2D eigenvalue weighted by atomic mass is 9.97. The van der Waals surface area contributed by atoms with E-state index in [-0.39, 0.29) is 11.8 Å². The minimum absolute atomic E-state index is 0.0997. The monoisotopic (exact) mass is 367 g/mol. The van der Waals surface area contributed by atoms with Gasteiger partial charge in [0.15, 0.2) is 0 Å². The molecular weight excluding hydrogens is 343 g/mol. The van der Waals surface area contributed by atoms with Gasteiger partial charge in [-0.25, -0.2) is 4.98 Å². The number of alkyl halides is 2. The van der Waals surface area contributed by atoms with Crippen LogP contribution in [0.5, 0.6) is 5.75 Å². The summed E-state index contributed by atoms with van der Waals surface area (Å²) in [6.07, 6.45) is 3.61. The molecule has 2 rings (SSSR count). The summed E-state index contributed by atoms with van der Waals surface area (Å²) in [7, 11) is 3.29. The normalized spacial score (nSPS) is 12.7. The van der Waals surface area contributed by atoms with Crippen LogP contribution in [-0.2, 0) is 6.42 Å². The van der Waals surface area contributed by atoms with Crippen LogP contribution in [0.3, 0.4) is 0 Å². The van der Waals surface area contributed by atoms with Gasteiger partial charge in [0.25, 0.3) is 0 Å². The summed E-state index contributed by atoms with van der Waals surface area (Å²) in [5, 5.41) is 6.61. The van der Waals surface area contributed by atoms with Gasteiger partial charge in [0, 0.05) is 23.5 Å². The first kappa shape index (κ1) is 19.5. The molecule has 1 aromatic heterocycles. The van der Waals surface area contributed by atoms with Gasteiger partial charge in [0.2, 0.25) is 0 Å². The lowest BCUT2D eigenvalue weighted by molar-refractivity contribution is -0.0892. The fourth-order valence-corrected chi connectivity index (χ4v) is 2.90. The molecule has 136 valence electrons. The molecule has 25 heavy (non-hydrogen) atoms. The maximum atomic E-state index is 12.9. The Morgan fingerprint density at radius 2 is 1.88 bits per heavy atom. The first-order chi connectivity index (χ1) is 11.9. The molecule has 1 aromatic carbocycles. The van der Waals surface area contributed by atoms with Gasteiger partial charge in [0.1, 0.15) is 11.6 Å². The molecule has 7 heteroatoms. The van der Waals surface area contributed by atoms with E-state index in [1.54, 1.807) is 18.3 Å². The molecular formula is C18H24F2N3OP. The van der Waals surface area contributed by atoms with Crippen LogP contribution < -0.4 is 15.4 Å². The summed E-state index contributed by atoms with van der Waals surface area (Å²) in [6.45, 7) is 4.23. The minimum Gasteiger partial charge on any atom is -0.430 e. The van der Waals surface area contributed by atoms with Crippen LogP contribution >= 0.6 is 9.24 Å². The van der Waals surface area contributed by atoms with Crippen LogP contribution in [-0.4, -0.2) is 17.9 Å². The molecule has 2 atom stereocenters. The highest BCUT2D eigenvalue weighted by Gasteiger charge is 2.23. The van der Waals surface area contributed by atoms with Crippen LogP contribution in [0.1, 0.15) is 37.4 Å². The molecule has 0 saturated heterocycles. The van der Waals surface area contributed by atoms with Crippen LogP contribution in [0, 0.1) is 0 Å². The summed E-state index contributed by atoms with van der Waals surface area (Å²) in [5.74, 6) is -2.41. The molecule has 0 aliphatic carbocycles. The third-order valence-corrected chi connectivity index (χ3v) is 4.06. The van der Waals surface area contributed by atoms with Crippen molar-refractivity contribution in [1.82, 2.24) is 10.3 Å². The number of nitrogens with zero attached hydrogens (tertiary/aromatic N) is 1. The number of anilines is 2. The zero-order valence-corrected chi connectivity index (χ0v) is 15.8. The molecule has 0 spiro atoms. The van der Waals surface area contributed by atoms with Gasteiger partial charge in [-0.1, -0.05) is 13.8 Å². The van der Waals surface area contributed by atoms with Crippen molar-refractivity contribution in [2.75, 3.05) is 12.4 Å². The highest BCUT2D eigenvalue weighted by atomic mass is 31.0. The molecule has 0 aliphatic heterocycles. The molecule has 1 heterocycles. The Balaban J connectivity index is 2.28. The van der Waals surface area contributed by atoms with Crippen molar-refractivity contribution in [2.24, 2.45) is 0 Å². The lowest BCUT2D eigenvalue weighted by Gasteiger charge is -2.22. The Hall–Kier alpha value is -1.78. The van der Waals surface area contributed by atoms with Gasteiger partial charge in [-0.15, -0.1) is 0 Å². The zero-order chi connectivity index (χ0) is 18.4. The van der Waals surface area contributed by atoms with Crippen molar-refractivity contribution in [3.05, 3.63) is 47.7 Å². The van der Waals surface area contributed by atoms with E-state index in [1.165, 1.54) is 26.9 Å². The van der Waals surface area contributed by atoms with Gasteiger partial charge in [0.05, 0.1) is 0 Å². The van der Waals surface area contributed by atoms with Crippen LogP contribution in [0.15, 0.2) is 36.5 Å². The molecule has 0 fully saturated rings. The number of nitrogens with one attached hydrogen (secondary N) is 2. The number of aromatic nitrogens is 1. The SMILES string of the molecule is CCc1ccnc(Nc2ccc(OC(F)(F)P)cc2)c1C(CC)NC. The minimum atomic E-state index is -3.28. The molecule has 4 nitrogen and oxygen atoms in total. The Bertz CT molecular complexity index is 686. The number of benzene rings is 1. The van der Waals surface area contributed by atoms with E-state index in [0.717, 1.165) is 29.9 Å². The topological polar surface area (TPSA) is 46.2 Å². The Kier molecular flexibility index (Phi) is 6.68. The van der Waals surface area contributed by atoms with E-state index in [0.29, 0.717) is 0 Å². The summed E-state index contributed by atoms with van der Waals surface area (Å²) >= 11 is 0. The van der Waals surface area contributed by atoms with Crippen LogP contribution in [0.4, 0.5) is 20.3 Å². The first-order valence-electron chi connectivity index (χ1n) is 8.25. The zero-order valence-electron chi connectivity index (χ0n) is 14.6. The number of halogens is 2. The van der Waals surface area contributed by atoms with Crippen molar-refractivity contribution in [1.29, 1.82) is 0 Å². The largest absolute Gasteiger partial charge is 0.430 e. The number of pyridine rings is 1. The second-order valence-electron chi connectivity index (χ2n) is 5.65. The number of aryl methyl sites for hydroxylation is 1. The fraction of sp³-hybridized carbons (Fsp3) is 0.389. The first-order valence-corrected chi connectivity index (χ1v) is 8.83. The smallest absolute Gasteiger partial charge is 0.408 e. The van der Waals surface area contributed by atoms with Gasteiger partial charge < -0.3 is 15.4 Å². The summed E-state index contributed by atoms with van der Waals surface area (Å²) < 4.78 is 30.2. The van der Waals surface area contributed by atoms with Crippen molar-refractivity contribution in [2.45, 2.75) is 38.6 Å². The predicted molar refractivity (Wildman–Crippen MR) is 101 cm³/mol. The van der Waals surface area contributed by atoms with Crippen molar-refractivity contribution >= 4 is 20.7 Å². The molecule has 2 unspecified atom stereocenters. The van der Waals surface area contributed by atoms with E-state index in [2.05, 4.69) is 34.2 Å². The van der Waals surface area contributed by atoms with E-state index < -0.39 is 5.85 Å². The maximum Gasteiger partial charge on any atom is 0.408 e. The lowest BCUT2D eigenvalue weighted by Crippen LogP contribution is -2.19. The second kappa shape index (κ2) is 8.54. The number of hydrogen-bond donors (Lipinski definition) is 2. The highest BCUT2D eigenvalue weighted by Crippen LogP contribution is 2.31. The number of hydrogen-bond acceptors (Lipinski definition) is 4. The highest BCUT2D eigenvalue weighted by molar-refractivity contribution is 7.17. The standard InChI is InChI=1S/C18H24F2N3OP/c1-4-12-10-11-22-17(16(12)15(5-2)21-3)23-13-6-8-14(9-7-13)24-18(19,20)25/h6-11,15,21H,4-5,25H2,1-3H3,(H,22,23). The van der Waals surface area contributed by atoms with Gasteiger partial charge in [-0.3, -0.25) is 0 Å². The predicted octanol–water partition coefficient (Wildman–Crippen LogP) is 4.86. The third-order valence-electron chi connectivity index (χ3n) is 3.94. The second-order valence-corrected chi connectivity index (χ2v) is 6.32. The number of ether oxygens (including phenoxy) is 1. The van der Waals surface area contributed by atoms with E-state index >= 15 is 0 Å². The van der Waals surface area contributed by atoms with Gasteiger partial charge in [-0.2, -0.15) is 8.78 Å². The van der Waals surface area contributed by atoms with Crippen molar-refractivity contribution < 1.29 is 13.5 Å². The summed E-state index contributed by atoms with van der Waals surface area (Å²) in [6, 6.07) is 8.59. The van der Waals surface area contributed by atoms with Crippen molar-refractivity contribution in [3.8, 4) is 5.75 Å². The Morgan fingerprint density at radius 3 is 2.40 bits per heavy atom. The Morgan fingerprint density at radius 1 is 1.20 bits per heavy atom. The Labute approximate surface area is 149 Å². The van der Waals surface area contributed by atoms with Gasteiger partial charge in [-0.05, 0) is 65.0 Å². The average Bonchev–Trinajstić information content (AvgIpc) is 2.57. The molecule has 0 saturated carbocycles. The average molecular weight is 367 g/mol. The van der Waals surface area contributed by atoms with E-state index in [9.17, 15) is 8.78 Å². The number of rotatable bonds is 8. The van der Waals surface area contributed by atoms with Crippen molar-refractivity contribution in [3.63, 3.8) is 0 Å². The van der Waals surface area contributed by atoms with Crippen LogP contribution in [0.25, 0.3) is 0 Å². The molecule has 2 aromatic rings. The van der Waals surface area contributed by atoms with Crippen LogP contribution in [0.2, 0.25) is 0 Å². The molecule has 0 bridgehead atoms. The fourth-order valence-electron chi connectivity index (χ4n) is 2.76. The van der Waals surface area contributed by atoms with E-state index in [4.69, 9.17) is 0 Å². The molecule has 0 radical (unpaired) electrons. The quantitative estimate of drug-likeness (QED) is 0.654. The van der Waals surface area contributed by atoms with E-state index in [1.807, 2.05) is 13.1 Å². The molecule has 0 amide bonds. The molecule has 0 aliphatic rings. The summed E-state index contributed by atoms with van der Waals surface area (Å²) in [4.78, 5) is 4.48.